The van der Waals surface area contributed by atoms with Crippen molar-refractivity contribution in [3.63, 3.8) is 0 Å². The van der Waals surface area contributed by atoms with E-state index in [4.69, 9.17) is 16.2 Å². The van der Waals surface area contributed by atoms with Gasteiger partial charge in [0.1, 0.15) is 18.2 Å². The van der Waals surface area contributed by atoms with Crippen molar-refractivity contribution in [2.24, 2.45) is 28.7 Å². The van der Waals surface area contributed by atoms with Gasteiger partial charge in [0.15, 0.2) is 0 Å². The molecule has 1 saturated heterocycles. The van der Waals surface area contributed by atoms with Crippen LogP contribution in [0, 0.1) is 17.3 Å². The Morgan fingerprint density at radius 3 is 2.50 bits per heavy atom. The van der Waals surface area contributed by atoms with E-state index in [0.717, 1.165) is 24.8 Å². The average molecular weight is 640 g/mol. The topological polar surface area (TPSA) is 185 Å². The molecule has 2 heterocycles. The lowest BCUT2D eigenvalue weighted by molar-refractivity contribution is -0.143. The summed E-state index contributed by atoms with van der Waals surface area (Å²) in [6.07, 6.45) is 7.55. The van der Waals surface area contributed by atoms with Crippen molar-refractivity contribution in [1.29, 1.82) is 0 Å². The van der Waals surface area contributed by atoms with E-state index in [1.54, 1.807) is 11.8 Å². The number of hydrogen-bond donors (Lipinski definition) is 4. The van der Waals surface area contributed by atoms with Gasteiger partial charge in [0, 0.05) is 19.5 Å². The summed E-state index contributed by atoms with van der Waals surface area (Å²) in [7, 11) is 0. The zero-order chi connectivity index (χ0) is 33.6. The van der Waals surface area contributed by atoms with Crippen LogP contribution >= 0.6 is 0 Å². The van der Waals surface area contributed by atoms with Crippen LogP contribution in [0.15, 0.2) is 36.4 Å². The molecule has 4 amide bonds. The van der Waals surface area contributed by atoms with Crippen molar-refractivity contribution in [3.8, 4) is 0 Å². The predicted molar refractivity (Wildman–Crippen MR) is 171 cm³/mol. The second-order valence-electron chi connectivity index (χ2n) is 13.5. The molecule has 4 rings (SSSR count). The number of nitrogens with two attached hydrogens (primary N) is 2. The highest BCUT2D eigenvalue weighted by Gasteiger charge is 2.54. The van der Waals surface area contributed by atoms with E-state index in [1.807, 2.05) is 50.3 Å². The molecule has 0 radical (unpaired) electrons. The molecule has 1 aliphatic carbocycles. The van der Waals surface area contributed by atoms with Gasteiger partial charge in [-0.2, -0.15) is 0 Å². The molecule has 2 aliphatic heterocycles. The summed E-state index contributed by atoms with van der Waals surface area (Å²) >= 11 is 0. The number of benzene rings is 1. The largest absolute Gasteiger partial charge is 0.481 e. The van der Waals surface area contributed by atoms with Crippen molar-refractivity contribution in [3.05, 3.63) is 47.5 Å². The zero-order valence-corrected chi connectivity index (χ0v) is 27.2. The number of ether oxygens (including phenoxy) is 1. The van der Waals surface area contributed by atoms with Crippen molar-refractivity contribution in [1.82, 2.24) is 15.1 Å². The van der Waals surface area contributed by atoms with Crippen LogP contribution in [0.5, 0.6) is 0 Å². The Labute approximate surface area is 270 Å². The molecule has 12 nitrogen and oxygen atoms in total. The first-order valence-corrected chi connectivity index (χ1v) is 16.4. The number of unbranched alkanes of at least 4 members (excludes halogenated alkanes) is 3. The molecule has 1 aromatic rings. The highest BCUT2D eigenvalue weighted by Crippen LogP contribution is 2.53. The van der Waals surface area contributed by atoms with E-state index in [1.165, 1.54) is 10.5 Å². The lowest BCUT2D eigenvalue weighted by atomic mass is 10.0. The number of nitrogens with zero attached hydrogens (tertiary/aromatic N) is 2. The molecule has 1 saturated carbocycles. The Hall–Kier alpha value is -3.93. The molecule has 46 heavy (non-hydrogen) atoms. The number of aliphatic carboxylic acids is 1. The number of hydrogen-bond acceptors (Lipinski definition) is 7. The Morgan fingerprint density at radius 2 is 1.85 bits per heavy atom. The van der Waals surface area contributed by atoms with Crippen LogP contribution in [0.25, 0.3) is 0 Å². The lowest BCUT2D eigenvalue weighted by Gasteiger charge is -2.30. The van der Waals surface area contributed by atoms with Gasteiger partial charge in [-0.3, -0.25) is 19.2 Å². The summed E-state index contributed by atoms with van der Waals surface area (Å²) in [5, 5.41) is 12.1. The number of amides is 4. The van der Waals surface area contributed by atoms with Crippen LogP contribution in [0.1, 0.15) is 76.8 Å². The number of nitrogens with one attached hydrogen (secondary N) is 1. The molecular weight excluding hydrogens is 590 g/mol. The Bertz CT molecular complexity index is 1330. The van der Waals surface area contributed by atoms with Crippen molar-refractivity contribution < 1.29 is 33.8 Å². The second-order valence-corrected chi connectivity index (χ2v) is 13.5. The van der Waals surface area contributed by atoms with Crippen LogP contribution in [-0.2, 0) is 36.9 Å². The number of fused-ring (bicyclic) bond motifs is 1. The highest BCUT2D eigenvalue weighted by atomic mass is 16.6. The summed E-state index contributed by atoms with van der Waals surface area (Å²) in [6, 6.07) is 5.21. The first-order chi connectivity index (χ1) is 21.8. The molecule has 0 bridgehead atoms. The monoisotopic (exact) mass is 639 g/mol. The fourth-order valence-electron chi connectivity index (χ4n) is 6.27. The van der Waals surface area contributed by atoms with Gasteiger partial charge >= 0.3 is 12.1 Å². The van der Waals surface area contributed by atoms with Crippen LogP contribution in [0.2, 0.25) is 0 Å². The summed E-state index contributed by atoms with van der Waals surface area (Å²) < 4.78 is 5.78. The van der Waals surface area contributed by atoms with Gasteiger partial charge in [0.25, 0.3) is 0 Å². The van der Waals surface area contributed by atoms with Gasteiger partial charge in [0.2, 0.25) is 17.7 Å². The molecule has 0 spiro atoms. The maximum Gasteiger partial charge on any atom is 0.410 e. The van der Waals surface area contributed by atoms with E-state index in [0.29, 0.717) is 38.8 Å². The smallest absolute Gasteiger partial charge is 0.410 e. The minimum Gasteiger partial charge on any atom is -0.481 e. The van der Waals surface area contributed by atoms with Crippen LogP contribution < -0.4 is 16.8 Å². The molecule has 3 aliphatic rings. The maximum atomic E-state index is 13.9. The number of likely N-dealkylation sites (tertiary alicyclic amines) is 1. The van der Waals surface area contributed by atoms with Crippen molar-refractivity contribution in [2.75, 3.05) is 13.1 Å². The number of carboxylic acid groups (broad SMARTS) is 1. The number of carbonyl (C=O) groups is 5. The van der Waals surface area contributed by atoms with Crippen LogP contribution in [0.3, 0.4) is 0 Å². The quantitative estimate of drug-likeness (QED) is 0.177. The Balaban J connectivity index is 1.34. The van der Waals surface area contributed by atoms with E-state index in [9.17, 15) is 29.1 Å². The third-order valence-corrected chi connectivity index (χ3v) is 9.69. The third kappa shape index (κ3) is 8.45. The first kappa shape index (κ1) is 34.9. The van der Waals surface area contributed by atoms with Gasteiger partial charge in [-0.15, -0.1) is 0 Å². The van der Waals surface area contributed by atoms with Gasteiger partial charge in [-0.25, -0.2) is 4.79 Å². The fraction of sp³-hybridized carbons (Fsp3) is 0.618. The van der Waals surface area contributed by atoms with E-state index in [-0.39, 0.29) is 24.8 Å². The summed E-state index contributed by atoms with van der Waals surface area (Å²) in [5.74, 6) is -2.47. The van der Waals surface area contributed by atoms with Crippen LogP contribution in [-0.4, -0.2) is 82.0 Å². The molecule has 2 fully saturated rings. The van der Waals surface area contributed by atoms with Gasteiger partial charge in [-0.05, 0) is 62.0 Å². The SMILES string of the molecule is CC(C)[C@@H](N)C(=O)N[C@@H](CCCCC/C=C\[C@@H]1C[C@]1(C)C(=O)O)C(=O)N1C[C@H](OC(=O)N2CCc3ccccc3C2)C[C@H]1C(N)=O. The number of carbonyl (C=O) groups excluding carboxylic acids is 4. The number of carboxylic acids is 1. The molecule has 0 unspecified atom stereocenters. The number of primary amides is 1. The van der Waals surface area contributed by atoms with E-state index < -0.39 is 59.4 Å². The number of rotatable bonds is 14. The van der Waals surface area contributed by atoms with E-state index in [2.05, 4.69) is 5.32 Å². The lowest BCUT2D eigenvalue weighted by Crippen LogP contribution is -2.56. The molecule has 6 N–H and O–H groups in total. The number of allylic oxidation sites excluding steroid dienone is 2. The summed E-state index contributed by atoms with van der Waals surface area (Å²) in [4.78, 5) is 66.6. The molecule has 1 aromatic carbocycles. The van der Waals surface area contributed by atoms with Gasteiger partial charge in [-0.1, -0.05) is 63.1 Å². The normalized spacial score (nSPS) is 25.2. The second kappa shape index (κ2) is 15.1. The maximum absolute atomic E-state index is 13.9. The molecule has 252 valence electrons. The fourth-order valence-corrected chi connectivity index (χ4v) is 6.27. The minimum atomic E-state index is -0.977. The molecule has 6 atom stereocenters. The Morgan fingerprint density at radius 1 is 1.13 bits per heavy atom. The average Bonchev–Trinajstić information content (AvgIpc) is 3.51. The standard InChI is InChI=1S/C34H49N5O7/c1-21(2)28(35)30(41)37-26(14-8-6-4-5-7-13-24-18-34(24,3)32(43)44)31(42)39-20-25(17-27(39)29(36)40)46-33(45)38-16-15-22-11-9-10-12-23(22)19-38/h7,9-13,21,24-28H,4-6,8,14-20,35H2,1-3H3,(H2,36,40)(H,37,41)(H,43,44)/b13-7-/t24-,25-,26+,27+,28-,34+/m1/s1. The summed E-state index contributed by atoms with van der Waals surface area (Å²) in [5.41, 5.74) is 13.4. The van der Waals surface area contributed by atoms with Crippen molar-refractivity contribution >= 4 is 29.8 Å². The Kier molecular flexibility index (Phi) is 11.5. The molecule has 0 aromatic heterocycles. The predicted octanol–water partition coefficient (Wildman–Crippen LogP) is 2.72. The third-order valence-electron chi connectivity index (χ3n) is 9.69. The highest BCUT2D eigenvalue weighted by molar-refractivity contribution is 5.93. The molecular formula is C34H49N5O7. The summed E-state index contributed by atoms with van der Waals surface area (Å²) in [6.45, 7) is 6.31. The van der Waals surface area contributed by atoms with Gasteiger partial charge < -0.3 is 36.4 Å². The first-order valence-electron chi connectivity index (χ1n) is 16.4. The van der Waals surface area contributed by atoms with Gasteiger partial charge in [0.05, 0.1) is 18.0 Å². The van der Waals surface area contributed by atoms with Crippen LogP contribution in [0.4, 0.5) is 4.79 Å². The zero-order valence-electron chi connectivity index (χ0n) is 27.2. The molecule has 12 heteroatoms. The van der Waals surface area contributed by atoms with E-state index >= 15 is 0 Å². The minimum absolute atomic E-state index is 0.00750. The van der Waals surface area contributed by atoms with Crippen molar-refractivity contribution in [2.45, 2.75) is 103 Å².